The Morgan fingerprint density at radius 2 is 1.93 bits per heavy atom. The number of ether oxygens (including phenoxy) is 1. The average Bonchev–Trinajstić information content (AvgIpc) is 3.16. The molecule has 0 spiro atoms. The van der Waals surface area contributed by atoms with Gasteiger partial charge in [0.1, 0.15) is 5.60 Å². The molecule has 1 aliphatic rings. The van der Waals surface area contributed by atoms with Gasteiger partial charge < -0.3 is 15.0 Å². The van der Waals surface area contributed by atoms with Gasteiger partial charge in [0.05, 0.1) is 23.4 Å². The maximum atomic E-state index is 12.2. The van der Waals surface area contributed by atoms with E-state index < -0.39 is 5.60 Å². The highest BCUT2D eigenvalue weighted by atomic mass is 16.6. The molecule has 0 radical (unpaired) electrons. The van der Waals surface area contributed by atoms with Gasteiger partial charge in [0.25, 0.3) is 0 Å². The first kappa shape index (κ1) is 20.1. The SMILES string of the molecule is Cc1cncc2cnc(Nc3cnn(C4CCN(C(=O)OC(C)(C)C)CC4)c3)nc12. The molecule has 1 saturated heterocycles. The monoisotopic (exact) mass is 409 g/mol. The van der Waals surface area contributed by atoms with Gasteiger partial charge in [-0.1, -0.05) is 0 Å². The van der Waals surface area contributed by atoms with Crippen LogP contribution in [0.4, 0.5) is 16.4 Å². The summed E-state index contributed by atoms with van der Waals surface area (Å²) in [5.74, 6) is 0.524. The van der Waals surface area contributed by atoms with Crippen molar-refractivity contribution in [2.24, 2.45) is 0 Å². The van der Waals surface area contributed by atoms with Crippen molar-refractivity contribution >= 4 is 28.6 Å². The number of carbonyl (C=O) groups excluding carboxylic acids is 1. The molecule has 1 aliphatic heterocycles. The van der Waals surface area contributed by atoms with E-state index in [1.165, 1.54) is 0 Å². The fraction of sp³-hybridized carbons (Fsp3) is 0.476. The summed E-state index contributed by atoms with van der Waals surface area (Å²) in [5.41, 5.74) is 2.24. The highest BCUT2D eigenvalue weighted by Crippen LogP contribution is 2.25. The number of hydrogen-bond donors (Lipinski definition) is 1. The summed E-state index contributed by atoms with van der Waals surface area (Å²) in [6.07, 6.45) is 10.5. The Balaban J connectivity index is 1.38. The number of piperidine rings is 1. The molecular formula is C21H27N7O2. The lowest BCUT2D eigenvalue weighted by Crippen LogP contribution is -2.42. The van der Waals surface area contributed by atoms with Crippen LogP contribution in [0, 0.1) is 6.92 Å². The van der Waals surface area contributed by atoms with Crippen molar-refractivity contribution in [2.45, 2.75) is 52.2 Å². The summed E-state index contributed by atoms with van der Waals surface area (Å²) in [5, 5.41) is 8.63. The summed E-state index contributed by atoms with van der Waals surface area (Å²) in [4.78, 5) is 27.1. The van der Waals surface area contributed by atoms with E-state index in [9.17, 15) is 4.79 Å². The van der Waals surface area contributed by atoms with Crippen LogP contribution in [-0.2, 0) is 4.74 Å². The van der Waals surface area contributed by atoms with E-state index in [4.69, 9.17) is 4.74 Å². The normalized spacial score (nSPS) is 15.4. The fourth-order valence-electron chi connectivity index (χ4n) is 3.52. The predicted molar refractivity (Wildman–Crippen MR) is 114 cm³/mol. The molecular weight excluding hydrogens is 382 g/mol. The van der Waals surface area contributed by atoms with E-state index in [2.05, 4.69) is 25.4 Å². The lowest BCUT2D eigenvalue weighted by Gasteiger charge is -2.33. The Labute approximate surface area is 175 Å². The molecule has 30 heavy (non-hydrogen) atoms. The third-order valence-corrected chi connectivity index (χ3v) is 5.02. The topological polar surface area (TPSA) is 98.1 Å². The molecule has 0 unspecified atom stereocenters. The number of nitrogens with zero attached hydrogens (tertiary/aromatic N) is 6. The number of aryl methyl sites for hydroxylation is 1. The zero-order valence-electron chi connectivity index (χ0n) is 17.8. The second kappa shape index (κ2) is 7.89. The van der Waals surface area contributed by atoms with E-state index in [1.54, 1.807) is 29.7 Å². The maximum absolute atomic E-state index is 12.2. The van der Waals surface area contributed by atoms with Crippen LogP contribution in [0.1, 0.15) is 45.2 Å². The number of hydrogen-bond acceptors (Lipinski definition) is 7. The van der Waals surface area contributed by atoms with Gasteiger partial charge in [-0.15, -0.1) is 0 Å². The minimum absolute atomic E-state index is 0.241. The number of amides is 1. The van der Waals surface area contributed by atoms with Crippen LogP contribution in [0.3, 0.4) is 0 Å². The van der Waals surface area contributed by atoms with Crippen molar-refractivity contribution in [1.82, 2.24) is 29.6 Å². The Morgan fingerprint density at radius 3 is 2.67 bits per heavy atom. The van der Waals surface area contributed by atoms with Crippen LogP contribution in [0.15, 0.2) is 31.0 Å². The Hall–Kier alpha value is -3.23. The van der Waals surface area contributed by atoms with E-state index in [-0.39, 0.29) is 12.1 Å². The third-order valence-electron chi connectivity index (χ3n) is 5.02. The number of anilines is 2. The molecule has 3 aromatic heterocycles. The Bertz CT molecular complexity index is 1050. The second-order valence-electron chi connectivity index (χ2n) is 8.62. The molecule has 0 atom stereocenters. The quantitative estimate of drug-likeness (QED) is 0.702. The summed E-state index contributed by atoms with van der Waals surface area (Å²) in [6, 6.07) is 0.241. The highest BCUT2D eigenvalue weighted by molar-refractivity contribution is 5.80. The number of rotatable bonds is 3. The minimum Gasteiger partial charge on any atom is -0.444 e. The van der Waals surface area contributed by atoms with Crippen molar-refractivity contribution in [2.75, 3.05) is 18.4 Å². The van der Waals surface area contributed by atoms with Gasteiger partial charge in [-0.25, -0.2) is 14.8 Å². The summed E-state index contributed by atoms with van der Waals surface area (Å²) in [7, 11) is 0. The number of nitrogens with one attached hydrogen (secondary N) is 1. The molecule has 0 aliphatic carbocycles. The minimum atomic E-state index is -0.476. The van der Waals surface area contributed by atoms with E-state index in [0.29, 0.717) is 19.0 Å². The molecule has 4 rings (SSSR count). The Morgan fingerprint density at radius 1 is 1.17 bits per heavy atom. The third kappa shape index (κ3) is 4.50. The van der Waals surface area contributed by atoms with Gasteiger partial charge in [0.2, 0.25) is 5.95 Å². The first-order valence-corrected chi connectivity index (χ1v) is 10.1. The average molecular weight is 409 g/mol. The van der Waals surface area contributed by atoms with Crippen LogP contribution in [-0.4, -0.2) is 54.4 Å². The lowest BCUT2D eigenvalue weighted by molar-refractivity contribution is 0.0185. The standard InChI is InChI=1S/C21H27N7O2/c1-14-9-22-10-15-11-23-19(26-18(14)15)25-16-12-24-28(13-16)17-5-7-27(8-6-17)20(29)30-21(2,3)4/h9-13,17H,5-8H2,1-4H3,(H,23,25,26). The zero-order valence-corrected chi connectivity index (χ0v) is 17.8. The van der Waals surface area contributed by atoms with Gasteiger partial charge in [-0.3, -0.25) is 9.67 Å². The maximum Gasteiger partial charge on any atom is 0.410 e. The second-order valence-corrected chi connectivity index (χ2v) is 8.62. The van der Waals surface area contributed by atoms with Crippen molar-refractivity contribution in [3.8, 4) is 0 Å². The zero-order chi connectivity index (χ0) is 21.3. The van der Waals surface area contributed by atoms with Gasteiger partial charge in [-0.2, -0.15) is 5.10 Å². The van der Waals surface area contributed by atoms with Gasteiger partial charge in [0.15, 0.2) is 0 Å². The summed E-state index contributed by atoms with van der Waals surface area (Å²) in [6.45, 7) is 8.94. The number of fused-ring (bicyclic) bond motifs is 1. The van der Waals surface area contributed by atoms with Crippen molar-refractivity contribution in [3.63, 3.8) is 0 Å². The van der Waals surface area contributed by atoms with E-state index in [1.807, 2.05) is 38.6 Å². The number of likely N-dealkylation sites (tertiary alicyclic amines) is 1. The van der Waals surface area contributed by atoms with Crippen molar-refractivity contribution < 1.29 is 9.53 Å². The van der Waals surface area contributed by atoms with Gasteiger partial charge in [-0.05, 0) is 46.1 Å². The molecule has 0 aromatic carbocycles. The van der Waals surface area contributed by atoms with Crippen LogP contribution in [0.25, 0.3) is 10.9 Å². The number of carbonyl (C=O) groups is 1. The van der Waals surface area contributed by atoms with Gasteiger partial charge >= 0.3 is 6.09 Å². The predicted octanol–water partition coefficient (Wildman–Crippen LogP) is 3.85. The molecule has 0 saturated carbocycles. The molecule has 1 amide bonds. The van der Waals surface area contributed by atoms with Crippen molar-refractivity contribution in [3.05, 3.63) is 36.5 Å². The summed E-state index contributed by atoms with van der Waals surface area (Å²) >= 11 is 0. The number of pyridine rings is 1. The van der Waals surface area contributed by atoms with Crippen LogP contribution < -0.4 is 5.32 Å². The number of aromatic nitrogens is 5. The molecule has 0 bridgehead atoms. The smallest absolute Gasteiger partial charge is 0.410 e. The van der Waals surface area contributed by atoms with E-state index in [0.717, 1.165) is 35.0 Å². The van der Waals surface area contributed by atoms with Gasteiger partial charge in [0, 0.05) is 43.3 Å². The van der Waals surface area contributed by atoms with Crippen molar-refractivity contribution in [1.29, 1.82) is 0 Å². The van der Waals surface area contributed by atoms with Crippen LogP contribution in [0.2, 0.25) is 0 Å². The first-order chi connectivity index (χ1) is 14.3. The molecule has 158 valence electrons. The largest absolute Gasteiger partial charge is 0.444 e. The molecule has 9 heteroatoms. The first-order valence-electron chi connectivity index (χ1n) is 10.1. The molecule has 4 heterocycles. The molecule has 1 N–H and O–H groups in total. The highest BCUT2D eigenvalue weighted by Gasteiger charge is 2.27. The van der Waals surface area contributed by atoms with Crippen LogP contribution in [0.5, 0.6) is 0 Å². The molecule has 9 nitrogen and oxygen atoms in total. The lowest BCUT2D eigenvalue weighted by atomic mass is 10.1. The Kier molecular flexibility index (Phi) is 5.27. The molecule has 3 aromatic rings. The summed E-state index contributed by atoms with van der Waals surface area (Å²) < 4.78 is 7.41. The fourth-order valence-corrected chi connectivity index (χ4v) is 3.52. The van der Waals surface area contributed by atoms with Crippen LogP contribution >= 0.6 is 0 Å². The molecule has 1 fully saturated rings. The van der Waals surface area contributed by atoms with E-state index >= 15 is 0 Å².